The molecule has 0 bridgehead atoms. The molecule has 3 aliphatic carbocycles. The van der Waals surface area contributed by atoms with Crippen LogP contribution in [0.1, 0.15) is 70.6 Å². The van der Waals surface area contributed by atoms with Gasteiger partial charge in [-0.05, 0) is 50.4 Å². The Morgan fingerprint density at radius 1 is 0.905 bits per heavy atom. The predicted octanol–water partition coefficient (Wildman–Crippen LogP) is 4.95. The van der Waals surface area contributed by atoms with E-state index >= 15 is 0 Å². The van der Waals surface area contributed by atoms with Gasteiger partial charge in [0.05, 0.1) is 5.57 Å². The van der Waals surface area contributed by atoms with Crippen LogP contribution in [-0.2, 0) is 9.53 Å². The molecule has 116 valence electrons. The van der Waals surface area contributed by atoms with Gasteiger partial charge in [-0.1, -0.05) is 50.3 Å². The minimum Gasteiger partial charge on any atom is -0.459 e. The predicted molar refractivity (Wildman–Crippen MR) is 84.9 cm³/mol. The zero-order valence-corrected chi connectivity index (χ0v) is 13.1. The molecule has 2 heteroatoms. The minimum atomic E-state index is -0.105. The Morgan fingerprint density at radius 2 is 1.62 bits per heavy atom. The maximum absolute atomic E-state index is 12.1. The molecule has 0 aromatic carbocycles. The summed E-state index contributed by atoms with van der Waals surface area (Å²) in [5, 5.41) is 0. The standard InChI is InChI=1S/C19H28O2/c20-19(17-9-5-2-6-10-17)21-18-13-11-16(12-14-18)15-7-3-1-4-8-15/h5,9-10,15-16,18H,1-4,6-8,11-14H2. The summed E-state index contributed by atoms with van der Waals surface area (Å²) in [4.78, 5) is 12.1. The molecule has 3 aliphatic rings. The molecule has 3 rings (SSSR count). The van der Waals surface area contributed by atoms with Crippen molar-refractivity contribution < 1.29 is 9.53 Å². The second-order valence-electron chi connectivity index (χ2n) is 6.98. The van der Waals surface area contributed by atoms with Crippen LogP contribution in [0.15, 0.2) is 23.8 Å². The molecular weight excluding hydrogens is 260 g/mol. The second-order valence-corrected chi connectivity index (χ2v) is 6.98. The summed E-state index contributed by atoms with van der Waals surface area (Å²) in [6.07, 6.45) is 20.0. The lowest BCUT2D eigenvalue weighted by atomic mass is 9.73. The largest absolute Gasteiger partial charge is 0.459 e. The highest BCUT2D eigenvalue weighted by Gasteiger charge is 2.30. The summed E-state index contributed by atoms with van der Waals surface area (Å²) in [6, 6.07) is 0. The first-order valence-electron chi connectivity index (χ1n) is 8.90. The van der Waals surface area contributed by atoms with Gasteiger partial charge in [0.1, 0.15) is 6.10 Å². The Balaban J connectivity index is 1.44. The molecule has 0 N–H and O–H groups in total. The van der Waals surface area contributed by atoms with Crippen molar-refractivity contribution in [2.24, 2.45) is 11.8 Å². The fraction of sp³-hybridized carbons (Fsp3) is 0.737. The van der Waals surface area contributed by atoms with Crippen molar-refractivity contribution in [1.82, 2.24) is 0 Å². The van der Waals surface area contributed by atoms with Crippen LogP contribution in [0.5, 0.6) is 0 Å². The Morgan fingerprint density at radius 3 is 2.29 bits per heavy atom. The molecule has 21 heavy (non-hydrogen) atoms. The number of hydrogen-bond acceptors (Lipinski definition) is 2. The van der Waals surface area contributed by atoms with E-state index in [0.717, 1.165) is 43.1 Å². The molecule has 0 heterocycles. The van der Waals surface area contributed by atoms with Crippen molar-refractivity contribution in [3.63, 3.8) is 0 Å². The first kappa shape index (κ1) is 14.9. The van der Waals surface area contributed by atoms with Crippen molar-refractivity contribution in [3.8, 4) is 0 Å². The monoisotopic (exact) mass is 288 g/mol. The molecule has 0 aliphatic heterocycles. The highest BCUT2D eigenvalue weighted by Crippen LogP contribution is 2.39. The molecule has 0 spiro atoms. The van der Waals surface area contributed by atoms with E-state index in [2.05, 4.69) is 6.08 Å². The third-order valence-corrected chi connectivity index (χ3v) is 5.54. The number of carbonyl (C=O) groups is 1. The van der Waals surface area contributed by atoms with Crippen molar-refractivity contribution in [3.05, 3.63) is 23.8 Å². The van der Waals surface area contributed by atoms with Gasteiger partial charge in [-0.2, -0.15) is 0 Å². The maximum Gasteiger partial charge on any atom is 0.338 e. The van der Waals surface area contributed by atoms with Crippen molar-refractivity contribution in [2.45, 2.75) is 76.7 Å². The number of ether oxygens (including phenoxy) is 1. The number of esters is 1. The number of hydrogen-bond donors (Lipinski definition) is 0. The van der Waals surface area contributed by atoms with Crippen molar-refractivity contribution in [2.75, 3.05) is 0 Å². The van der Waals surface area contributed by atoms with Crippen LogP contribution in [0.2, 0.25) is 0 Å². The van der Waals surface area contributed by atoms with Crippen LogP contribution >= 0.6 is 0 Å². The smallest absolute Gasteiger partial charge is 0.338 e. The van der Waals surface area contributed by atoms with Gasteiger partial charge in [0.25, 0.3) is 0 Å². The zero-order chi connectivity index (χ0) is 14.5. The Bertz CT molecular complexity index is 407. The third-order valence-electron chi connectivity index (χ3n) is 5.54. The Hall–Kier alpha value is -1.05. The Kier molecular flexibility index (Phi) is 5.16. The van der Waals surface area contributed by atoms with Crippen LogP contribution in [0.3, 0.4) is 0 Å². The van der Waals surface area contributed by atoms with Crippen LogP contribution in [0.25, 0.3) is 0 Å². The van der Waals surface area contributed by atoms with Crippen molar-refractivity contribution >= 4 is 5.97 Å². The van der Waals surface area contributed by atoms with E-state index in [4.69, 9.17) is 4.74 Å². The van der Waals surface area contributed by atoms with Gasteiger partial charge in [-0.25, -0.2) is 4.79 Å². The molecule has 0 aromatic heterocycles. The molecular formula is C19H28O2. The van der Waals surface area contributed by atoms with E-state index in [-0.39, 0.29) is 12.1 Å². The normalized spacial score (nSPS) is 30.8. The van der Waals surface area contributed by atoms with Gasteiger partial charge < -0.3 is 4.74 Å². The summed E-state index contributed by atoms with van der Waals surface area (Å²) >= 11 is 0. The number of rotatable bonds is 3. The fourth-order valence-electron chi connectivity index (χ4n) is 4.27. The zero-order valence-electron chi connectivity index (χ0n) is 13.1. The maximum atomic E-state index is 12.1. The Labute approximate surface area is 128 Å². The molecule has 0 unspecified atom stereocenters. The summed E-state index contributed by atoms with van der Waals surface area (Å²) in [6.45, 7) is 0. The average molecular weight is 288 g/mol. The second kappa shape index (κ2) is 7.29. The van der Waals surface area contributed by atoms with Gasteiger partial charge in [0.2, 0.25) is 0 Å². The van der Waals surface area contributed by atoms with E-state index < -0.39 is 0 Å². The molecule has 0 amide bonds. The van der Waals surface area contributed by atoms with E-state index in [1.807, 2.05) is 12.2 Å². The summed E-state index contributed by atoms with van der Waals surface area (Å²) < 4.78 is 5.71. The van der Waals surface area contributed by atoms with Crippen LogP contribution in [0.4, 0.5) is 0 Å². The summed E-state index contributed by atoms with van der Waals surface area (Å²) in [5.74, 6) is 1.75. The van der Waals surface area contributed by atoms with Gasteiger partial charge in [0.15, 0.2) is 0 Å². The topological polar surface area (TPSA) is 26.3 Å². The summed E-state index contributed by atoms with van der Waals surface area (Å²) in [5.41, 5.74) is 0.760. The minimum absolute atomic E-state index is 0.105. The SMILES string of the molecule is O=C(OC1CCC(C2CCCCC2)CC1)C1=CCCC=C1. The van der Waals surface area contributed by atoms with E-state index in [1.165, 1.54) is 44.9 Å². The van der Waals surface area contributed by atoms with E-state index in [1.54, 1.807) is 0 Å². The van der Waals surface area contributed by atoms with Crippen LogP contribution in [0, 0.1) is 11.8 Å². The molecule has 2 nitrogen and oxygen atoms in total. The third kappa shape index (κ3) is 3.99. The average Bonchev–Trinajstić information content (AvgIpc) is 2.57. The highest BCUT2D eigenvalue weighted by atomic mass is 16.5. The molecule has 2 saturated carbocycles. The molecule has 0 radical (unpaired) electrons. The van der Waals surface area contributed by atoms with Gasteiger partial charge in [-0.15, -0.1) is 0 Å². The van der Waals surface area contributed by atoms with Crippen LogP contribution < -0.4 is 0 Å². The van der Waals surface area contributed by atoms with Crippen molar-refractivity contribution in [1.29, 1.82) is 0 Å². The van der Waals surface area contributed by atoms with E-state index in [9.17, 15) is 4.79 Å². The lowest BCUT2D eigenvalue weighted by Gasteiger charge is -2.35. The first-order chi connectivity index (χ1) is 10.3. The fourth-order valence-corrected chi connectivity index (χ4v) is 4.27. The quantitative estimate of drug-likeness (QED) is 0.687. The van der Waals surface area contributed by atoms with E-state index in [0.29, 0.717) is 0 Å². The lowest BCUT2D eigenvalue weighted by molar-refractivity contribution is -0.146. The molecule has 2 fully saturated rings. The molecule has 0 aromatic rings. The first-order valence-corrected chi connectivity index (χ1v) is 8.90. The van der Waals surface area contributed by atoms with Gasteiger partial charge in [-0.3, -0.25) is 0 Å². The lowest BCUT2D eigenvalue weighted by Crippen LogP contribution is -2.29. The summed E-state index contributed by atoms with van der Waals surface area (Å²) in [7, 11) is 0. The number of allylic oxidation sites excluding steroid dienone is 2. The molecule has 0 atom stereocenters. The van der Waals surface area contributed by atoms with Gasteiger partial charge >= 0.3 is 5.97 Å². The van der Waals surface area contributed by atoms with Gasteiger partial charge in [0, 0.05) is 0 Å². The molecule has 0 saturated heterocycles. The highest BCUT2D eigenvalue weighted by molar-refractivity contribution is 5.91. The number of carbonyl (C=O) groups excluding carboxylic acids is 1. The van der Waals surface area contributed by atoms with Crippen LogP contribution in [-0.4, -0.2) is 12.1 Å².